The van der Waals surface area contributed by atoms with Crippen LogP contribution < -0.4 is 5.32 Å². The van der Waals surface area contributed by atoms with E-state index in [1.165, 1.54) is 20.9 Å². The van der Waals surface area contributed by atoms with Crippen molar-refractivity contribution < 1.29 is 23.1 Å². The summed E-state index contributed by atoms with van der Waals surface area (Å²) in [5.74, 6) is -0.693. The van der Waals surface area contributed by atoms with Gasteiger partial charge in [0.25, 0.3) is 0 Å². The lowest BCUT2D eigenvalue weighted by Crippen LogP contribution is -2.55. The van der Waals surface area contributed by atoms with E-state index in [1.54, 1.807) is 0 Å². The highest BCUT2D eigenvalue weighted by molar-refractivity contribution is 5.85. The summed E-state index contributed by atoms with van der Waals surface area (Å²) in [4.78, 5) is 12.3. The Morgan fingerprint density at radius 2 is 1.88 bits per heavy atom. The summed E-state index contributed by atoms with van der Waals surface area (Å²) < 4.78 is 36.6. The van der Waals surface area contributed by atoms with Crippen LogP contribution in [0.25, 0.3) is 0 Å². The zero-order chi connectivity index (χ0) is 13.0. The molecule has 0 radical (unpaired) electrons. The van der Waals surface area contributed by atoms with Gasteiger partial charge >= 0.3 is 6.18 Å². The molecule has 4 nitrogen and oxygen atoms in total. The molecular formula is C9H17F3N2O2. The molecular weight excluding hydrogens is 225 g/mol. The number of aliphatic hydroxyl groups is 1. The number of nitrogens with zero attached hydrogens (tertiary/aromatic N) is 1. The van der Waals surface area contributed by atoms with Crippen LogP contribution in [0.5, 0.6) is 0 Å². The number of hydrogen-bond donors (Lipinski definition) is 2. The van der Waals surface area contributed by atoms with E-state index in [2.05, 4.69) is 5.32 Å². The van der Waals surface area contributed by atoms with Gasteiger partial charge in [-0.2, -0.15) is 13.2 Å². The lowest BCUT2D eigenvalue weighted by molar-refractivity contribution is -0.165. The normalized spacial score (nSPS) is 12.7. The van der Waals surface area contributed by atoms with Crippen LogP contribution in [0.4, 0.5) is 13.2 Å². The van der Waals surface area contributed by atoms with Crippen molar-refractivity contribution >= 4 is 5.91 Å². The predicted molar refractivity (Wildman–Crippen MR) is 52.9 cm³/mol. The van der Waals surface area contributed by atoms with Gasteiger partial charge < -0.3 is 15.3 Å². The SMILES string of the molecule is CNC(C)(C)C(=O)N(CCO)CC(F)(F)F. The van der Waals surface area contributed by atoms with E-state index in [1.807, 2.05) is 0 Å². The number of amides is 1. The summed E-state index contributed by atoms with van der Waals surface area (Å²) in [6, 6.07) is 0. The molecule has 0 rings (SSSR count). The summed E-state index contributed by atoms with van der Waals surface area (Å²) in [5.41, 5.74) is -1.08. The third-order valence-corrected chi connectivity index (χ3v) is 2.19. The molecule has 0 saturated carbocycles. The summed E-state index contributed by atoms with van der Waals surface area (Å²) >= 11 is 0. The quantitative estimate of drug-likeness (QED) is 0.732. The topological polar surface area (TPSA) is 52.6 Å². The first-order valence-corrected chi connectivity index (χ1v) is 4.80. The first kappa shape index (κ1) is 15.2. The molecule has 0 aromatic carbocycles. The zero-order valence-electron chi connectivity index (χ0n) is 9.56. The van der Waals surface area contributed by atoms with Crippen molar-refractivity contribution in [1.82, 2.24) is 10.2 Å². The number of rotatable bonds is 5. The summed E-state index contributed by atoms with van der Waals surface area (Å²) in [6.07, 6.45) is -4.46. The van der Waals surface area contributed by atoms with Crippen LogP contribution in [-0.2, 0) is 4.79 Å². The fourth-order valence-electron chi connectivity index (χ4n) is 1.09. The van der Waals surface area contributed by atoms with Crippen molar-refractivity contribution in [3.8, 4) is 0 Å². The Hall–Kier alpha value is -0.820. The Morgan fingerprint density at radius 3 is 2.19 bits per heavy atom. The van der Waals surface area contributed by atoms with Crippen LogP contribution in [0.1, 0.15) is 13.8 Å². The molecule has 0 aliphatic carbocycles. The number of carbonyl (C=O) groups excluding carboxylic acids is 1. The van der Waals surface area contributed by atoms with Gasteiger partial charge in [-0.1, -0.05) is 0 Å². The number of halogens is 3. The fraction of sp³-hybridized carbons (Fsp3) is 0.889. The van der Waals surface area contributed by atoms with E-state index >= 15 is 0 Å². The smallest absolute Gasteiger partial charge is 0.395 e. The first-order chi connectivity index (χ1) is 7.14. The Labute approximate surface area is 92.4 Å². The van der Waals surface area contributed by atoms with E-state index in [0.717, 1.165) is 0 Å². The van der Waals surface area contributed by atoms with Gasteiger partial charge in [-0.15, -0.1) is 0 Å². The van der Waals surface area contributed by atoms with Crippen molar-refractivity contribution in [2.75, 3.05) is 26.7 Å². The van der Waals surface area contributed by atoms with E-state index in [0.29, 0.717) is 4.90 Å². The molecule has 16 heavy (non-hydrogen) atoms. The Bertz CT molecular complexity index is 241. The molecule has 0 fully saturated rings. The third-order valence-electron chi connectivity index (χ3n) is 2.19. The van der Waals surface area contributed by atoms with Gasteiger partial charge in [-0.05, 0) is 20.9 Å². The molecule has 0 aliphatic heterocycles. The molecule has 0 spiro atoms. The minimum absolute atomic E-state index is 0.330. The van der Waals surface area contributed by atoms with Crippen molar-refractivity contribution in [2.24, 2.45) is 0 Å². The Morgan fingerprint density at radius 1 is 1.38 bits per heavy atom. The second-order valence-corrected chi connectivity index (χ2v) is 3.94. The molecule has 0 aromatic heterocycles. The minimum atomic E-state index is -4.46. The van der Waals surface area contributed by atoms with Crippen LogP contribution in [0, 0.1) is 0 Å². The zero-order valence-corrected chi connectivity index (χ0v) is 9.56. The van der Waals surface area contributed by atoms with Crippen LogP contribution in [0.3, 0.4) is 0 Å². The van der Waals surface area contributed by atoms with Gasteiger partial charge in [0.1, 0.15) is 6.54 Å². The van der Waals surface area contributed by atoms with Crippen LogP contribution in [0.2, 0.25) is 0 Å². The Balaban J connectivity index is 4.72. The number of hydrogen-bond acceptors (Lipinski definition) is 3. The van der Waals surface area contributed by atoms with E-state index in [9.17, 15) is 18.0 Å². The number of carbonyl (C=O) groups is 1. The highest BCUT2D eigenvalue weighted by Gasteiger charge is 2.37. The third kappa shape index (κ3) is 4.80. The summed E-state index contributed by atoms with van der Waals surface area (Å²) in [7, 11) is 1.49. The molecule has 0 bridgehead atoms. The van der Waals surface area contributed by atoms with E-state index in [-0.39, 0.29) is 6.54 Å². The largest absolute Gasteiger partial charge is 0.406 e. The molecule has 0 saturated heterocycles. The minimum Gasteiger partial charge on any atom is -0.395 e. The second kappa shape index (κ2) is 5.49. The molecule has 0 aliphatic rings. The number of aliphatic hydroxyl groups excluding tert-OH is 1. The van der Waals surface area contributed by atoms with Gasteiger partial charge in [0.15, 0.2) is 0 Å². The Kier molecular flexibility index (Phi) is 5.21. The lowest BCUT2D eigenvalue weighted by Gasteiger charge is -2.31. The standard InChI is InChI=1S/C9H17F3N2O2/c1-8(2,13-3)7(16)14(4-5-15)6-9(10,11)12/h13,15H,4-6H2,1-3H3. The maximum absolute atomic E-state index is 12.2. The lowest BCUT2D eigenvalue weighted by atomic mass is 10.0. The molecule has 96 valence electrons. The number of likely N-dealkylation sites (N-methyl/N-ethyl adjacent to an activating group) is 1. The van der Waals surface area contributed by atoms with Gasteiger partial charge in [-0.3, -0.25) is 4.79 Å². The van der Waals surface area contributed by atoms with Crippen molar-refractivity contribution in [3.05, 3.63) is 0 Å². The average Bonchev–Trinajstić information content (AvgIpc) is 2.14. The molecule has 7 heteroatoms. The maximum atomic E-state index is 12.2. The van der Waals surface area contributed by atoms with Crippen LogP contribution in [0.15, 0.2) is 0 Å². The predicted octanol–water partition coefficient (Wildman–Crippen LogP) is 0.368. The van der Waals surface area contributed by atoms with E-state index in [4.69, 9.17) is 5.11 Å². The highest BCUT2D eigenvalue weighted by Crippen LogP contribution is 2.18. The first-order valence-electron chi connectivity index (χ1n) is 4.80. The fourth-order valence-corrected chi connectivity index (χ4v) is 1.09. The average molecular weight is 242 g/mol. The van der Waals surface area contributed by atoms with Crippen molar-refractivity contribution in [2.45, 2.75) is 25.6 Å². The second-order valence-electron chi connectivity index (χ2n) is 3.94. The van der Waals surface area contributed by atoms with Gasteiger partial charge in [0.2, 0.25) is 5.91 Å². The monoisotopic (exact) mass is 242 g/mol. The summed E-state index contributed by atoms with van der Waals surface area (Å²) in [6.45, 7) is 0.786. The number of alkyl halides is 3. The molecule has 0 heterocycles. The van der Waals surface area contributed by atoms with Crippen LogP contribution >= 0.6 is 0 Å². The number of nitrogens with one attached hydrogen (secondary N) is 1. The van der Waals surface area contributed by atoms with Crippen molar-refractivity contribution in [3.63, 3.8) is 0 Å². The van der Waals surface area contributed by atoms with Crippen molar-refractivity contribution in [1.29, 1.82) is 0 Å². The van der Waals surface area contributed by atoms with Gasteiger partial charge in [0.05, 0.1) is 12.1 Å². The highest BCUT2D eigenvalue weighted by atomic mass is 19.4. The molecule has 1 amide bonds. The van der Waals surface area contributed by atoms with Gasteiger partial charge in [0, 0.05) is 6.54 Å². The van der Waals surface area contributed by atoms with E-state index < -0.39 is 30.8 Å². The molecule has 0 atom stereocenters. The summed E-state index contributed by atoms with van der Waals surface area (Å²) in [5, 5.41) is 11.3. The van der Waals surface area contributed by atoms with Gasteiger partial charge in [-0.25, -0.2) is 0 Å². The maximum Gasteiger partial charge on any atom is 0.406 e. The molecule has 0 aromatic rings. The van der Waals surface area contributed by atoms with Crippen LogP contribution in [-0.4, -0.2) is 54.4 Å². The molecule has 2 N–H and O–H groups in total. The molecule has 0 unspecified atom stereocenters.